The van der Waals surface area contributed by atoms with Crippen molar-refractivity contribution < 1.29 is 19.1 Å². The Morgan fingerprint density at radius 3 is 2.29 bits per heavy atom. The van der Waals surface area contributed by atoms with Crippen LogP contribution in [0, 0.1) is 0 Å². The molecule has 1 rings (SSSR count). The van der Waals surface area contributed by atoms with Crippen LogP contribution in [0.2, 0.25) is 0 Å². The fourth-order valence-electron chi connectivity index (χ4n) is 1.86. The van der Waals surface area contributed by atoms with E-state index in [1.165, 1.54) is 0 Å². The summed E-state index contributed by atoms with van der Waals surface area (Å²) in [6.45, 7) is 3.39. The lowest BCUT2D eigenvalue weighted by Crippen LogP contribution is -2.36. The van der Waals surface area contributed by atoms with Crippen LogP contribution in [0.5, 0.6) is 0 Å². The Labute approximate surface area is 101 Å². The van der Waals surface area contributed by atoms with E-state index in [2.05, 4.69) is 4.74 Å². The van der Waals surface area contributed by atoms with Gasteiger partial charge in [-0.15, -0.1) is 0 Å². The highest BCUT2D eigenvalue weighted by Crippen LogP contribution is 2.10. The first-order valence-electron chi connectivity index (χ1n) is 6.08. The second-order valence-corrected chi connectivity index (χ2v) is 4.14. The van der Waals surface area contributed by atoms with Gasteiger partial charge in [-0.3, -0.25) is 14.4 Å². The summed E-state index contributed by atoms with van der Waals surface area (Å²) in [6.07, 6.45) is 2.66. The standard InChI is InChI=1S/C12H19NO4/c1-2-17-12(16)9-10(14)8-11(15)13-6-4-3-5-7-13/h2-9H2,1H3. The number of ether oxygens (including phenoxy) is 1. The molecule has 0 radical (unpaired) electrons. The molecule has 1 aliphatic rings. The Balaban J connectivity index is 2.29. The number of hydrogen-bond donors (Lipinski definition) is 0. The molecule has 0 aromatic carbocycles. The maximum absolute atomic E-state index is 11.7. The van der Waals surface area contributed by atoms with Gasteiger partial charge in [-0.25, -0.2) is 0 Å². The molecule has 0 unspecified atom stereocenters. The Morgan fingerprint density at radius 2 is 1.71 bits per heavy atom. The molecule has 0 bridgehead atoms. The third kappa shape index (κ3) is 4.97. The minimum atomic E-state index is -0.552. The van der Waals surface area contributed by atoms with Gasteiger partial charge in [0.05, 0.1) is 13.0 Å². The molecule has 0 spiro atoms. The maximum Gasteiger partial charge on any atom is 0.313 e. The minimum Gasteiger partial charge on any atom is -0.466 e. The Bertz CT molecular complexity index is 295. The second-order valence-electron chi connectivity index (χ2n) is 4.14. The van der Waals surface area contributed by atoms with Gasteiger partial charge in [0.2, 0.25) is 5.91 Å². The molecule has 0 aromatic rings. The van der Waals surface area contributed by atoms with E-state index in [4.69, 9.17) is 0 Å². The third-order valence-corrected chi connectivity index (χ3v) is 2.70. The van der Waals surface area contributed by atoms with Crippen LogP contribution in [0.25, 0.3) is 0 Å². The Morgan fingerprint density at radius 1 is 1.06 bits per heavy atom. The van der Waals surface area contributed by atoms with Crippen LogP contribution in [0.4, 0.5) is 0 Å². The molecule has 1 saturated heterocycles. The highest BCUT2D eigenvalue weighted by atomic mass is 16.5. The van der Waals surface area contributed by atoms with Crippen molar-refractivity contribution in [3.8, 4) is 0 Å². The Hall–Kier alpha value is -1.39. The van der Waals surface area contributed by atoms with Crippen LogP contribution in [-0.2, 0) is 19.1 Å². The van der Waals surface area contributed by atoms with E-state index in [0.717, 1.165) is 32.4 Å². The SMILES string of the molecule is CCOC(=O)CC(=O)CC(=O)N1CCCCC1. The van der Waals surface area contributed by atoms with Crippen LogP contribution >= 0.6 is 0 Å². The quantitative estimate of drug-likeness (QED) is 0.530. The number of likely N-dealkylation sites (tertiary alicyclic amines) is 1. The lowest BCUT2D eigenvalue weighted by molar-refractivity contribution is -0.146. The van der Waals surface area contributed by atoms with Crippen LogP contribution in [-0.4, -0.2) is 42.3 Å². The number of ketones is 1. The molecule has 5 heteroatoms. The predicted octanol–water partition coefficient (Wildman–Crippen LogP) is 0.911. The van der Waals surface area contributed by atoms with Crippen molar-refractivity contribution in [3.05, 3.63) is 0 Å². The molecule has 0 atom stereocenters. The normalized spacial score (nSPS) is 15.5. The number of carbonyl (C=O) groups excluding carboxylic acids is 3. The number of Topliss-reactive ketones (excluding diaryl/α,β-unsaturated/α-hetero) is 1. The van der Waals surface area contributed by atoms with Crippen molar-refractivity contribution in [1.29, 1.82) is 0 Å². The molecule has 5 nitrogen and oxygen atoms in total. The summed E-state index contributed by atoms with van der Waals surface area (Å²) in [4.78, 5) is 35.9. The van der Waals surface area contributed by atoms with Gasteiger partial charge in [0.1, 0.15) is 6.42 Å². The summed E-state index contributed by atoms with van der Waals surface area (Å²) in [6, 6.07) is 0. The number of amides is 1. The van der Waals surface area contributed by atoms with Gasteiger partial charge in [0, 0.05) is 13.1 Å². The molecule has 0 N–H and O–H groups in total. The molecule has 96 valence electrons. The van der Waals surface area contributed by atoms with Crippen molar-refractivity contribution in [2.24, 2.45) is 0 Å². The zero-order valence-electron chi connectivity index (χ0n) is 10.2. The number of rotatable bonds is 5. The van der Waals surface area contributed by atoms with Gasteiger partial charge in [-0.1, -0.05) is 0 Å². The number of hydrogen-bond acceptors (Lipinski definition) is 4. The summed E-state index contributed by atoms with van der Waals surface area (Å²) in [5.41, 5.74) is 0. The predicted molar refractivity (Wildman–Crippen MR) is 61.3 cm³/mol. The molecule has 1 heterocycles. The van der Waals surface area contributed by atoms with Crippen LogP contribution in [0.15, 0.2) is 0 Å². The largest absolute Gasteiger partial charge is 0.466 e. The summed E-state index contributed by atoms with van der Waals surface area (Å²) in [5.74, 6) is -1.08. The first-order valence-corrected chi connectivity index (χ1v) is 6.08. The van der Waals surface area contributed by atoms with E-state index in [9.17, 15) is 14.4 Å². The highest BCUT2D eigenvalue weighted by Gasteiger charge is 2.20. The third-order valence-electron chi connectivity index (χ3n) is 2.70. The number of carbonyl (C=O) groups is 3. The maximum atomic E-state index is 11.7. The van der Waals surface area contributed by atoms with E-state index < -0.39 is 5.97 Å². The lowest BCUT2D eigenvalue weighted by Gasteiger charge is -2.26. The molecule has 0 saturated carbocycles. The number of esters is 1. The fraction of sp³-hybridized carbons (Fsp3) is 0.750. The van der Waals surface area contributed by atoms with Gasteiger partial charge in [0.15, 0.2) is 5.78 Å². The lowest BCUT2D eigenvalue weighted by atomic mass is 10.1. The minimum absolute atomic E-state index is 0.168. The molecule has 0 aliphatic carbocycles. The Kier molecular flexibility index (Phi) is 5.66. The fourth-order valence-corrected chi connectivity index (χ4v) is 1.86. The van der Waals surface area contributed by atoms with Gasteiger partial charge in [-0.05, 0) is 26.2 Å². The molecular formula is C12H19NO4. The van der Waals surface area contributed by atoms with Crippen molar-refractivity contribution in [2.75, 3.05) is 19.7 Å². The zero-order valence-corrected chi connectivity index (χ0v) is 10.2. The second kappa shape index (κ2) is 7.04. The van der Waals surface area contributed by atoms with Gasteiger partial charge in [-0.2, -0.15) is 0 Å². The topological polar surface area (TPSA) is 63.7 Å². The van der Waals surface area contributed by atoms with E-state index in [0.29, 0.717) is 0 Å². The average molecular weight is 241 g/mol. The van der Waals surface area contributed by atoms with Crippen LogP contribution in [0.3, 0.4) is 0 Å². The van der Waals surface area contributed by atoms with Gasteiger partial charge < -0.3 is 9.64 Å². The molecule has 1 amide bonds. The average Bonchev–Trinajstić information content (AvgIpc) is 2.30. The number of nitrogens with zero attached hydrogens (tertiary/aromatic N) is 1. The summed E-state index contributed by atoms with van der Waals surface area (Å²) in [5, 5.41) is 0. The summed E-state index contributed by atoms with van der Waals surface area (Å²) in [7, 11) is 0. The molecule has 17 heavy (non-hydrogen) atoms. The van der Waals surface area contributed by atoms with E-state index in [1.54, 1.807) is 11.8 Å². The molecular weight excluding hydrogens is 222 g/mol. The van der Waals surface area contributed by atoms with Crippen LogP contribution in [0.1, 0.15) is 39.0 Å². The summed E-state index contributed by atoms with van der Waals surface area (Å²) >= 11 is 0. The molecule has 1 aliphatic heterocycles. The van der Waals surface area contributed by atoms with Crippen molar-refractivity contribution in [2.45, 2.75) is 39.0 Å². The smallest absolute Gasteiger partial charge is 0.313 e. The van der Waals surface area contributed by atoms with Crippen molar-refractivity contribution in [3.63, 3.8) is 0 Å². The van der Waals surface area contributed by atoms with Gasteiger partial charge >= 0.3 is 5.97 Å². The molecule has 0 aromatic heterocycles. The number of piperidine rings is 1. The van der Waals surface area contributed by atoms with Crippen molar-refractivity contribution in [1.82, 2.24) is 4.90 Å². The summed E-state index contributed by atoms with van der Waals surface area (Å²) < 4.78 is 4.65. The van der Waals surface area contributed by atoms with Crippen molar-refractivity contribution >= 4 is 17.7 Å². The van der Waals surface area contributed by atoms with Crippen LogP contribution < -0.4 is 0 Å². The van der Waals surface area contributed by atoms with Gasteiger partial charge in [0.25, 0.3) is 0 Å². The zero-order chi connectivity index (χ0) is 12.7. The van der Waals surface area contributed by atoms with E-state index in [-0.39, 0.29) is 31.1 Å². The highest BCUT2D eigenvalue weighted by molar-refractivity contribution is 6.04. The monoisotopic (exact) mass is 241 g/mol. The van der Waals surface area contributed by atoms with E-state index >= 15 is 0 Å². The molecule has 1 fully saturated rings. The van der Waals surface area contributed by atoms with E-state index in [1.807, 2.05) is 0 Å². The first-order chi connectivity index (χ1) is 8.13. The first kappa shape index (κ1) is 13.7.